The number of nitrogens with zero attached hydrogens (tertiary/aromatic N) is 3. The van der Waals surface area contributed by atoms with Gasteiger partial charge in [-0.3, -0.25) is 14.5 Å². The number of nitrogens with two attached hydrogens (primary N) is 1. The lowest BCUT2D eigenvalue weighted by molar-refractivity contribution is -0.135. The zero-order valence-electron chi connectivity index (χ0n) is 15.4. The maximum absolute atomic E-state index is 12.6. The highest BCUT2D eigenvalue weighted by Crippen LogP contribution is 2.15. The Hall–Kier alpha value is -1.63. The van der Waals surface area contributed by atoms with Gasteiger partial charge in [0.25, 0.3) is 5.91 Å². The average molecular weight is 381 g/mol. The van der Waals surface area contributed by atoms with Crippen LogP contribution in [-0.4, -0.2) is 71.8 Å². The van der Waals surface area contributed by atoms with Gasteiger partial charge in [0.05, 0.1) is 6.04 Å². The van der Waals surface area contributed by atoms with Crippen LogP contribution < -0.4 is 5.73 Å². The number of hydrogen-bond acceptors (Lipinski definition) is 4. The molecule has 1 unspecified atom stereocenters. The minimum Gasteiger partial charge on any atom is -0.341 e. The third-order valence-electron chi connectivity index (χ3n) is 5.36. The number of amides is 2. The summed E-state index contributed by atoms with van der Waals surface area (Å²) < 4.78 is 0. The van der Waals surface area contributed by atoms with E-state index in [9.17, 15) is 9.59 Å². The zero-order valence-corrected chi connectivity index (χ0v) is 16.2. The minimum absolute atomic E-state index is 0. The van der Waals surface area contributed by atoms with Crippen molar-refractivity contribution >= 4 is 24.2 Å². The first-order valence-corrected chi connectivity index (χ1v) is 9.21. The predicted molar refractivity (Wildman–Crippen MR) is 104 cm³/mol. The summed E-state index contributed by atoms with van der Waals surface area (Å²) in [7, 11) is 0. The van der Waals surface area contributed by atoms with Gasteiger partial charge < -0.3 is 15.5 Å². The third-order valence-corrected chi connectivity index (χ3v) is 5.36. The van der Waals surface area contributed by atoms with Crippen LogP contribution in [0.15, 0.2) is 24.3 Å². The van der Waals surface area contributed by atoms with Gasteiger partial charge in [-0.15, -0.1) is 12.4 Å². The lowest BCUT2D eigenvalue weighted by Crippen LogP contribution is -2.55. The van der Waals surface area contributed by atoms with Crippen LogP contribution in [0.2, 0.25) is 0 Å². The molecule has 6 nitrogen and oxygen atoms in total. The fraction of sp³-hybridized carbons (Fsp3) is 0.579. The van der Waals surface area contributed by atoms with Crippen molar-refractivity contribution < 1.29 is 9.59 Å². The summed E-state index contributed by atoms with van der Waals surface area (Å²) in [6.45, 7) is 7.06. The summed E-state index contributed by atoms with van der Waals surface area (Å²) in [4.78, 5) is 31.2. The molecule has 2 heterocycles. The molecule has 0 saturated carbocycles. The fourth-order valence-electron chi connectivity index (χ4n) is 3.64. The van der Waals surface area contributed by atoms with Crippen molar-refractivity contribution in [3.63, 3.8) is 0 Å². The molecule has 0 aliphatic carbocycles. The third kappa shape index (κ3) is 4.55. The van der Waals surface area contributed by atoms with Crippen molar-refractivity contribution in [3.05, 3.63) is 35.4 Å². The molecule has 2 aliphatic heterocycles. The first-order chi connectivity index (χ1) is 12.1. The molecule has 2 saturated heterocycles. The van der Waals surface area contributed by atoms with Gasteiger partial charge in [0.1, 0.15) is 0 Å². The van der Waals surface area contributed by atoms with Crippen LogP contribution in [0.4, 0.5) is 0 Å². The van der Waals surface area contributed by atoms with Crippen LogP contribution >= 0.6 is 12.4 Å². The van der Waals surface area contributed by atoms with Gasteiger partial charge in [-0.05, 0) is 37.5 Å². The van der Waals surface area contributed by atoms with E-state index in [4.69, 9.17) is 5.73 Å². The van der Waals surface area contributed by atoms with E-state index in [0.29, 0.717) is 25.2 Å². The molecule has 3 rings (SSSR count). The largest absolute Gasteiger partial charge is 0.341 e. The highest BCUT2D eigenvalue weighted by atomic mass is 35.5. The van der Waals surface area contributed by atoms with E-state index in [0.717, 1.165) is 44.6 Å². The molecule has 2 amide bonds. The molecular formula is C19H29ClN4O2. The Morgan fingerprint density at radius 3 is 2.08 bits per heavy atom. The van der Waals surface area contributed by atoms with Crippen LogP contribution in [-0.2, 0) is 11.3 Å². The van der Waals surface area contributed by atoms with Gasteiger partial charge in [0, 0.05) is 51.4 Å². The molecule has 0 radical (unpaired) electrons. The maximum Gasteiger partial charge on any atom is 0.253 e. The number of halogens is 1. The second-order valence-corrected chi connectivity index (χ2v) is 6.94. The first kappa shape index (κ1) is 20.7. The summed E-state index contributed by atoms with van der Waals surface area (Å²) in [6.07, 6.45) is 2.23. The minimum atomic E-state index is -0.0980. The van der Waals surface area contributed by atoms with E-state index < -0.39 is 0 Å². The van der Waals surface area contributed by atoms with E-state index in [1.807, 2.05) is 41.0 Å². The molecule has 7 heteroatoms. The van der Waals surface area contributed by atoms with Crippen LogP contribution in [0, 0.1) is 0 Å². The number of carbonyl (C=O) groups excluding carboxylic acids is 2. The van der Waals surface area contributed by atoms with Gasteiger partial charge in [-0.1, -0.05) is 12.1 Å². The number of carbonyl (C=O) groups is 2. The Bertz CT molecular complexity index is 608. The Balaban J connectivity index is 0.00000243. The van der Waals surface area contributed by atoms with Crippen LogP contribution in [0.1, 0.15) is 35.7 Å². The van der Waals surface area contributed by atoms with E-state index in [1.165, 1.54) is 0 Å². The lowest BCUT2D eigenvalue weighted by atomic mass is 10.1. The molecule has 2 N–H and O–H groups in total. The summed E-state index contributed by atoms with van der Waals surface area (Å²) in [5.74, 6) is 0.288. The SMILES string of the molecule is CC(C(=O)N1CCCC1)N1CCN(C(=O)c2ccc(CN)cc2)CC1.Cl. The maximum atomic E-state index is 12.6. The predicted octanol–water partition coefficient (Wildman–Crippen LogP) is 1.34. The van der Waals surface area contributed by atoms with Crippen molar-refractivity contribution in [2.45, 2.75) is 32.4 Å². The molecule has 0 bridgehead atoms. The molecule has 0 spiro atoms. The summed E-state index contributed by atoms with van der Waals surface area (Å²) in [5.41, 5.74) is 7.32. The number of likely N-dealkylation sites (tertiary alicyclic amines) is 1. The van der Waals surface area contributed by atoms with E-state index >= 15 is 0 Å². The Morgan fingerprint density at radius 1 is 0.962 bits per heavy atom. The summed E-state index contributed by atoms with van der Waals surface area (Å²) in [5, 5.41) is 0. The van der Waals surface area contributed by atoms with Gasteiger partial charge in [0.2, 0.25) is 5.91 Å². The molecule has 26 heavy (non-hydrogen) atoms. The Labute approximate surface area is 161 Å². The van der Waals surface area contributed by atoms with Gasteiger partial charge in [0.15, 0.2) is 0 Å². The standard InChI is InChI=1S/C19H28N4O2.ClH/c1-15(18(24)22-8-2-3-9-22)21-10-12-23(13-11-21)19(25)17-6-4-16(14-20)5-7-17;/h4-7,15H,2-3,8-14,20H2,1H3;1H. The molecule has 1 aromatic rings. The highest BCUT2D eigenvalue weighted by molar-refractivity contribution is 5.94. The molecule has 144 valence electrons. The Morgan fingerprint density at radius 2 is 1.54 bits per heavy atom. The normalized spacial score (nSPS) is 19.2. The van der Waals surface area contributed by atoms with Gasteiger partial charge >= 0.3 is 0 Å². The first-order valence-electron chi connectivity index (χ1n) is 9.21. The number of hydrogen-bond donors (Lipinski definition) is 1. The molecule has 2 fully saturated rings. The van der Waals surface area contributed by atoms with Crippen molar-refractivity contribution in [1.82, 2.24) is 14.7 Å². The molecular weight excluding hydrogens is 352 g/mol. The van der Waals surface area contributed by atoms with Gasteiger partial charge in [-0.25, -0.2) is 0 Å². The van der Waals surface area contributed by atoms with E-state index in [2.05, 4.69) is 4.90 Å². The van der Waals surface area contributed by atoms with Crippen molar-refractivity contribution in [2.75, 3.05) is 39.3 Å². The van der Waals surface area contributed by atoms with E-state index in [1.54, 1.807) is 0 Å². The highest BCUT2D eigenvalue weighted by Gasteiger charge is 2.31. The summed E-state index contributed by atoms with van der Waals surface area (Å²) >= 11 is 0. The number of piperazine rings is 1. The van der Waals surface area contributed by atoms with E-state index in [-0.39, 0.29) is 30.3 Å². The van der Waals surface area contributed by atoms with Crippen LogP contribution in [0.3, 0.4) is 0 Å². The molecule has 1 atom stereocenters. The Kier molecular flexibility index (Phi) is 7.43. The second-order valence-electron chi connectivity index (χ2n) is 6.94. The summed E-state index contributed by atoms with van der Waals surface area (Å²) in [6, 6.07) is 7.40. The van der Waals surface area contributed by atoms with Gasteiger partial charge in [-0.2, -0.15) is 0 Å². The molecule has 0 aromatic heterocycles. The van der Waals surface area contributed by atoms with Crippen molar-refractivity contribution in [1.29, 1.82) is 0 Å². The second kappa shape index (κ2) is 9.35. The number of benzene rings is 1. The van der Waals surface area contributed by atoms with Crippen molar-refractivity contribution in [3.8, 4) is 0 Å². The smallest absolute Gasteiger partial charge is 0.253 e. The lowest BCUT2D eigenvalue weighted by Gasteiger charge is -2.38. The van der Waals surface area contributed by atoms with Crippen molar-refractivity contribution in [2.24, 2.45) is 5.73 Å². The topological polar surface area (TPSA) is 69.9 Å². The molecule has 1 aromatic carbocycles. The average Bonchev–Trinajstić information content (AvgIpc) is 3.21. The van der Waals surface area contributed by atoms with Crippen LogP contribution in [0.5, 0.6) is 0 Å². The fourth-order valence-corrected chi connectivity index (χ4v) is 3.64. The number of rotatable bonds is 4. The quantitative estimate of drug-likeness (QED) is 0.855. The monoisotopic (exact) mass is 380 g/mol. The molecule has 2 aliphatic rings. The zero-order chi connectivity index (χ0) is 17.8. The van der Waals surface area contributed by atoms with Crippen LogP contribution in [0.25, 0.3) is 0 Å².